The third-order valence-corrected chi connectivity index (χ3v) is 2.84. The molecule has 0 heterocycles. The second-order valence-electron chi connectivity index (χ2n) is 4.82. The first-order chi connectivity index (χ1) is 8.40. The van der Waals surface area contributed by atoms with Gasteiger partial charge >= 0.3 is 0 Å². The highest BCUT2D eigenvalue weighted by Crippen LogP contribution is 2.36. The monoisotopic (exact) mass is 246 g/mol. The van der Waals surface area contributed by atoms with Crippen LogP contribution in [0.15, 0.2) is 12.7 Å². The molecule has 18 heavy (non-hydrogen) atoms. The summed E-state index contributed by atoms with van der Waals surface area (Å²) in [5.74, 6) is 0.578. The number of carbonyl (C=O) groups excluding carboxylic acids is 2. The fraction of sp³-hybridized carbons (Fsp3) is 0.400. The molecule has 0 bridgehead atoms. The topological polar surface area (TPSA) is 37.4 Å². The van der Waals surface area contributed by atoms with Crippen LogP contribution in [0, 0.1) is 31.1 Å². The smallest absolute Gasteiger partial charge is 0.231 e. The number of nitrogens with zero attached hydrogens (tertiary/aromatic N) is 1. The van der Waals surface area contributed by atoms with Crippen molar-refractivity contribution in [3.05, 3.63) is 43.8 Å². The van der Waals surface area contributed by atoms with Gasteiger partial charge in [0.05, 0.1) is 11.8 Å². The SMILES string of the molecule is C=CC(=O)[C]1[CH][CH][CH][C]1C(=O)N(C(C)C)C(C)C. The van der Waals surface area contributed by atoms with E-state index >= 15 is 0 Å². The minimum absolute atomic E-state index is 0.0964. The normalized spacial score (nSPS) is 17.4. The summed E-state index contributed by atoms with van der Waals surface area (Å²) in [5.41, 5.74) is 0. The van der Waals surface area contributed by atoms with Crippen LogP contribution in [0.5, 0.6) is 0 Å². The van der Waals surface area contributed by atoms with Crippen molar-refractivity contribution < 1.29 is 9.59 Å². The molecule has 1 fully saturated rings. The maximum Gasteiger partial charge on any atom is 0.231 e. The van der Waals surface area contributed by atoms with Crippen molar-refractivity contribution in [2.45, 2.75) is 39.8 Å². The third kappa shape index (κ3) is 3.01. The molecule has 97 valence electrons. The molecule has 0 aromatic rings. The zero-order chi connectivity index (χ0) is 13.9. The van der Waals surface area contributed by atoms with Crippen LogP contribution in [-0.2, 0) is 9.59 Å². The van der Waals surface area contributed by atoms with E-state index in [0.29, 0.717) is 11.8 Å². The van der Waals surface area contributed by atoms with Crippen molar-refractivity contribution in [3.63, 3.8) is 0 Å². The van der Waals surface area contributed by atoms with Crippen LogP contribution in [0.1, 0.15) is 27.7 Å². The second kappa shape index (κ2) is 6.17. The van der Waals surface area contributed by atoms with Crippen LogP contribution in [0.2, 0.25) is 0 Å². The Kier molecular flexibility index (Phi) is 5.12. The summed E-state index contributed by atoms with van der Waals surface area (Å²) in [4.78, 5) is 25.9. The molecule has 0 atom stereocenters. The molecule has 3 nitrogen and oxygen atoms in total. The molecule has 0 N–H and O–H groups in total. The maximum absolute atomic E-state index is 12.5. The second-order valence-corrected chi connectivity index (χ2v) is 4.82. The van der Waals surface area contributed by atoms with Gasteiger partial charge in [-0.25, -0.2) is 0 Å². The summed E-state index contributed by atoms with van der Waals surface area (Å²) in [7, 11) is 0. The van der Waals surface area contributed by atoms with Gasteiger partial charge in [-0.2, -0.15) is 0 Å². The molecule has 0 spiro atoms. The molecule has 3 heteroatoms. The summed E-state index contributed by atoms with van der Waals surface area (Å²) >= 11 is 0. The van der Waals surface area contributed by atoms with Crippen molar-refractivity contribution in [2.75, 3.05) is 0 Å². The number of allylic oxidation sites excluding steroid dienone is 1. The van der Waals surface area contributed by atoms with Gasteiger partial charge in [0, 0.05) is 12.1 Å². The average Bonchev–Trinajstić information content (AvgIpc) is 2.75. The summed E-state index contributed by atoms with van der Waals surface area (Å²) in [6.07, 6.45) is 6.32. The Morgan fingerprint density at radius 3 is 2.06 bits per heavy atom. The highest BCUT2D eigenvalue weighted by Gasteiger charge is 2.41. The molecule has 0 aliphatic heterocycles. The first-order valence-corrected chi connectivity index (χ1v) is 6.15. The lowest BCUT2D eigenvalue weighted by Gasteiger charge is -2.33. The minimum Gasteiger partial charge on any atom is -0.337 e. The summed E-state index contributed by atoms with van der Waals surface area (Å²) in [6.45, 7) is 11.3. The van der Waals surface area contributed by atoms with Crippen LogP contribution in [0.25, 0.3) is 0 Å². The Morgan fingerprint density at radius 1 is 1.11 bits per heavy atom. The van der Waals surface area contributed by atoms with E-state index in [0.717, 1.165) is 0 Å². The molecule has 0 aromatic heterocycles. The Hall–Kier alpha value is -1.12. The molecule has 1 rings (SSSR count). The van der Waals surface area contributed by atoms with E-state index < -0.39 is 0 Å². The van der Waals surface area contributed by atoms with E-state index in [9.17, 15) is 9.59 Å². The Bertz CT molecular complexity index is 325. The number of hydrogen-bond donors (Lipinski definition) is 0. The number of amides is 1. The summed E-state index contributed by atoms with van der Waals surface area (Å²) < 4.78 is 0. The van der Waals surface area contributed by atoms with Crippen molar-refractivity contribution >= 4 is 11.7 Å². The lowest BCUT2D eigenvalue weighted by atomic mass is 9.90. The molecule has 1 saturated carbocycles. The van der Waals surface area contributed by atoms with Crippen molar-refractivity contribution in [2.24, 2.45) is 0 Å². The highest BCUT2D eigenvalue weighted by molar-refractivity contribution is 6.14. The van der Waals surface area contributed by atoms with Crippen LogP contribution in [-0.4, -0.2) is 28.7 Å². The van der Waals surface area contributed by atoms with E-state index in [2.05, 4.69) is 6.58 Å². The lowest BCUT2D eigenvalue weighted by molar-refractivity contribution is -0.132. The number of hydrogen-bond acceptors (Lipinski definition) is 2. The fourth-order valence-electron chi connectivity index (χ4n) is 2.14. The van der Waals surface area contributed by atoms with Crippen LogP contribution in [0.4, 0.5) is 0 Å². The molecule has 1 aliphatic rings. The maximum atomic E-state index is 12.5. The van der Waals surface area contributed by atoms with Gasteiger partial charge in [-0.05, 0) is 53.0 Å². The molecule has 0 saturated heterocycles. The quantitative estimate of drug-likeness (QED) is 0.697. The highest BCUT2D eigenvalue weighted by atomic mass is 16.2. The van der Waals surface area contributed by atoms with E-state index in [1.807, 2.05) is 27.7 Å². The van der Waals surface area contributed by atoms with Gasteiger partial charge in [0.25, 0.3) is 0 Å². The van der Waals surface area contributed by atoms with E-state index in [4.69, 9.17) is 0 Å². The Balaban J connectivity index is 2.87. The molecule has 0 aromatic carbocycles. The van der Waals surface area contributed by atoms with Crippen LogP contribution < -0.4 is 0 Å². The Labute approximate surface area is 110 Å². The molecule has 1 amide bonds. The van der Waals surface area contributed by atoms with Crippen molar-refractivity contribution in [1.29, 1.82) is 0 Å². The molecule has 5 radical (unpaired) electrons. The van der Waals surface area contributed by atoms with Gasteiger partial charge < -0.3 is 4.90 Å². The lowest BCUT2D eigenvalue weighted by Crippen LogP contribution is -2.45. The molecular formula is C15H20NO2. The first kappa shape index (κ1) is 14.9. The summed E-state index contributed by atoms with van der Waals surface area (Å²) in [6, 6.07) is 0.193. The van der Waals surface area contributed by atoms with Gasteiger partial charge in [0.15, 0.2) is 5.78 Å². The fourth-order valence-corrected chi connectivity index (χ4v) is 2.14. The number of rotatable bonds is 5. The zero-order valence-electron chi connectivity index (χ0n) is 11.4. The number of carbonyl (C=O) groups is 2. The van der Waals surface area contributed by atoms with Gasteiger partial charge in [-0.1, -0.05) is 6.58 Å². The minimum atomic E-state index is -0.212. The standard InChI is InChI=1S/C15H20NO2/c1-6-14(17)12-8-7-9-13(12)15(18)16(10(2)3)11(4)5/h6-11H,1H2,2-5H3. The van der Waals surface area contributed by atoms with E-state index in [-0.39, 0.29) is 23.8 Å². The van der Waals surface area contributed by atoms with Gasteiger partial charge in [-0.3, -0.25) is 9.59 Å². The predicted octanol–water partition coefficient (Wildman–Crippen LogP) is 2.16. The van der Waals surface area contributed by atoms with Crippen molar-refractivity contribution in [1.82, 2.24) is 4.90 Å². The third-order valence-electron chi connectivity index (χ3n) is 2.84. The Morgan fingerprint density at radius 2 is 1.61 bits per heavy atom. The molecule has 1 aliphatic carbocycles. The first-order valence-electron chi connectivity index (χ1n) is 6.15. The van der Waals surface area contributed by atoms with E-state index in [1.165, 1.54) is 6.08 Å². The predicted molar refractivity (Wildman–Crippen MR) is 71.7 cm³/mol. The van der Waals surface area contributed by atoms with Gasteiger partial charge in [-0.15, -0.1) is 0 Å². The molecule has 0 unspecified atom stereocenters. The van der Waals surface area contributed by atoms with E-state index in [1.54, 1.807) is 24.2 Å². The zero-order valence-corrected chi connectivity index (χ0v) is 11.4. The van der Waals surface area contributed by atoms with Gasteiger partial charge in [0.1, 0.15) is 0 Å². The average molecular weight is 246 g/mol. The number of ketones is 1. The van der Waals surface area contributed by atoms with Gasteiger partial charge in [0.2, 0.25) is 5.91 Å². The van der Waals surface area contributed by atoms with Crippen molar-refractivity contribution in [3.8, 4) is 0 Å². The molecular weight excluding hydrogens is 226 g/mol. The van der Waals surface area contributed by atoms with Crippen LogP contribution >= 0.6 is 0 Å². The summed E-state index contributed by atoms with van der Waals surface area (Å²) in [5, 5.41) is 0. The largest absolute Gasteiger partial charge is 0.337 e. The van der Waals surface area contributed by atoms with Crippen LogP contribution in [0.3, 0.4) is 0 Å².